The molecule has 4 aliphatic rings. The normalized spacial score (nSPS) is 31.3. The van der Waals surface area contributed by atoms with E-state index in [2.05, 4.69) is 15.1 Å². The summed E-state index contributed by atoms with van der Waals surface area (Å²) in [6.45, 7) is 5.05. The van der Waals surface area contributed by atoms with Gasteiger partial charge in [0.1, 0.15) is 0 Å². The van der Waals surface area contributed by atoms with Gasteiger partial charge in [-0.1, -0.05) is 12.8 Å². The van der Waals surface area contributed by atoms with Gasteiger partial charge in [-0.3, -0.25) is 9.69 Å². The van der Waals surface area contributed by atoms with E-state index in [1.807, 2.05) is 4.90 Å². The zero-order chi connectivity index (χ0) is 17.2. The molecule has 0 bridgehead atoms. The van der Waals surface area contributed by atoms with Crippen LogP contribution in [0.1, 0.15) is 51.4 Å². The van der Waals surface area contributed by atoms with Crippen molar-refractivity contribution in [2.24, 2.45) is 5.92 Å². The molecule has 3 heterocycles. The largest absolute Gasteiger partial charge is 0.338 e. The monoisotopic (exact) mass is 348 g/mol. The molecular weight excluding hydrogens is 316 g/mol. The summed E-state index contributed by atoms with van der Waals surface area (Å²) in [6.07, 6.45) is 9.78. The molecule has 1 saturated carbocycles. The Bertz CT molecular complexity index is 506. The Morgan fingerprint density at radius 1 is 0.960 bits per heavy atom. The van der Waals surface area contributed by atoms with Crippen molar-refractivity contribution in [3.8, 4) is 0 Å². The Morgan fingerprint density at radius 2 is 1.76 bits per heavy atom. The third kappa shape index (κ3) is 3.50. The fourth-order valence-corrected chi connectivity index (χ4v) is 5.44. The molecule has 0 aromatic heterocycles. The molecule has 4 rings (SSSR count). The van der Waals surface area contributed by atoms with E-state index in [9.17, 15) is 9.59 Å². The van der Waals surface area contributed by atoms with Crippen LogP contribution in [0.25, 0.3) is 0 Å². The molecule has 25 heavy (non-hydrogen) atoms. The minimum atomic E-state index is 0.0444. The number of nitrogens with zero attached hydrogens (tertiary/aromatic N) is 3. The first kappa shape index (κ1) is 17.1. The maximum atomic E-state index is 13.3. The number of nitrogens with one attached hydrogen (secondary N) is 1. The topological polar surface area (TPSA) is 55.9 Å². The van der Waals surface area contributed by atoms with Gasteiger partial charge in [0.15, 0.2) is 0 Å². The molecule has 0 spiro atoms. The van der Waals surface area contributed by atoms with E-state index in [1.165, 1.54) is 38.5 Å². The maximum absolute atomic E-state index is 13.3. The predicted molar refractivity (Wildman–Crippen MR) is 96.3 cm³/mol. The van der Waals surface area contributed by atoms with Gasteiger partial charge >= 0.3 is 6.03 Å². The van der Waals surface area contributed by atoms with E-state index in [0.717, 1.165) is 58.0 Å². The fourth-order valence-electron chi connectivity index (χ4n) is 5.44. The van der Waals surface area contributed by atoms with Crippen LogP contribution in [-0.2, 0) is 4.79 Å². The van der Waals surface area contributed by atoms with Gasteiger partial charge in [0.05, 0.1) is 6.04 Å². The van der Waals surface area contributed by atoms with Crippen LogP contribution in [0.3, 0.4) is 0 Å². The van der Waals surface area contributed by atoms with E-state index in [0.29, 0.717) is 11.9 Å². The number of carbonyl (C=O) groups excluding carboxylic acids is 2. The first-order valence-electron chi connectivity index (χ1n) is 10.3. The summed E-state index contributed by atoms with van der Waals surface area (Å²) in [6, 6.07) is 0.595. The minimum absolute atomic E-state index is 0.0444. The highest BCUT2D eigenvalue weighted by Gasteiger charge is 2.41. The molecule has 3 saturated heterocycles. The highest BCUT2D eigenvalue weighted by Crippen LogP contribution is 2.36. The number of carbonyl (C=O) groups is 2. The third-order valence-corrected chi connectivity index (χ3v) is 6.78. The van der Waals surface area contributed by atoms with E-state index < -0.39 is 0 Å². The van der Waals surface area contributed by atoms with Crippen LogP contribution < -0.4 is 5.32 Å². The van der Waals surface area contributed by atoms with Gasteiger partial charge in [-0.15, -0.1) is 0 Å². The Balaban J connectivity index is 1.35. The average molecular weight is 348 g/mol. The van der Waals surface area contributed by atoms with Crippen LogP contribution in [0.5, 0.6) is 0 Å². The summed E-state index contributed by atoms with van der Waals surface area (Å²) in [5, 5.41) is 2.85. The summed E-state index contributed by atoms with van der Waals surface area (Å²) in [5.74, 6) is 1.12. The van der Waals surface area contributed by atoms with Crippen LogP contribution in [0.4, 0.5) is 4.79 Å². The summed E-state index contributed by atoms with van der Waals surface area (Å²) in [7, 11) is 0. The summed E-state index contributed by atoms with van der Waals surface area (Å²) >= 11 is 0. The molecule has 140 valence electrons. The second-order valence-electron chi connectivity index (χ2n) is 8.20. The quantitative estimate of drug-likeness (QED) is 0.822. The van der Waals surface area contributed by atoms with Gasteiger partial charge in [0.2, 0.25) is 5.91 Å². The minimum Gasteiger partial charge on any atom is -0.338 e. The van der Waals surface area contributed by atoms with E-state index in [4.69, 9.17) is 0 Å². The summed E-state index contributed by atoms with van der Waals surface area (Å²) in [5.41, 5.74) is 0. The van der Waals surface area contributed by atoms with Crippen molar-refractivity contribution in [1.82, 2.24) is 20.0 Å². The summed E-state index contributed by atoms with van der Waals surface area (Å²) in [4.78, 5) is 31.4. The van der Waals surface area contributed by atoms with Gasteiger partial charge in [0, 0.05) is 38.8 Å². The smallest absolute Gasteiger partial charge is 0.317 e. The van der Waals surface area contributed by atoms with Crippen LogP contribution in [0.2, 0.25) is 0 Å². The van der Waals surface area contributed by atoms with Crippen LogP contribution in [0.15, 0.2) is 0 Å². The summed E-state index contributed by atoms with van der Waals surface area (Å²) < 4.78 is 0. The second kappa shape index (κ2) is 7.52. The SMILES string of the molecule is O=C1NCCN1CCN1CCC[C@H]1C(=O)N1CCCC1C1CCCC1. The number of hydrogen-bond donors (Lipinski definition) is 1. The van der Waals surface area contributed by atoms with Crippen LogP contribution in [-0.4, -0.2) is 78.0 Å². The molecule has 3 amide bonds. The van der Waals surface area contributed by atoms with Crippen molar-refractivity contribution < 1.29 is 9.59 Å². The van der Waals surface area contributed by atoms with Gasteiger partial charge in [-0.25, -0.2) is 4.79 Å². The van der Waals surface area contributed by atoms with Crippen LogP contribution in [0, 0.1) is 5.92 Å². The van der Waals surface area contributed by atoms with Crippen molar-refractivity contribution >= 4 is 11.9 Å². The molecular formula is C19H32N4O2. The maximum Gasteiger partial charge on any atom is 0.317 e. The molecule has 0 radical (unpaired) electrons. The van der Waals surface area contributed by atoms with Crippen molar-refractivity contribution in [2.45, 2.75) is 63.5 Å². The van der Waals surface area contributed by atoms with E-state index in [1.54, 1.807) is 0 Å². The lowest BCUT2D eigenvalue weighted by Crippen LogP contribution is -2.50. The molecule has 6 nitrogen and oxygen atoms in total. The first-order chi connectivity index (χ1) is 12.2. The van der Waals surface area contributed by atoms with Gasteiger partial charge in [0.25, 0.3) is 0 Å². The van der Waals surface area contributed by atoms with Crippen molar-refractivity contribution in [1.29, 1.82) is 0 Å². The Kier molecular flexibility index (Phi) is 5.15. The molecule has 0 aromatic carbocycles. The third-order valence-electron chi connectivity index (χ3n) is 6.78. The zero-order valence-electron chi connectivity index (χ0n) is 15.3. The number of hydrogen-bond acceptors (Lipinski definition) is 3. The lowest BCUT2D eigenvalue weighted by molar-refractivity contribution is -0.137. The molecule has 1 aliphatic carbocycles. The molecule has 3 aliphatic heterocycles. The molecule has 4 fully saturated rings. The lowest BCUT2D eigenvalue weighted by atomic mass is 9.95. The van der Waals surface area contributed by atoms with Gasteiger partial charge in [-0.2, -0.15) is 0 Å². The second-order valence-corrected chi connectivity index (χ2v) is 8.20. The number of urea groups is 1. The zero-order valence-corrected chi connectivity index (χ0v) is 15.3. The Morgan fingerprint density at radius 3 is 2.52 bits per heavy atom. The molecule has 0 aromatic rings. The van der Waals surface area contributed by atoms with Gasteiger partial charge in [-0.05, 0) is 51.0 Å². The van der Waals surface area contributed by atoms with Crippen molar-refractivity contribution in [2.75, 3.05) is 39.3 Å². The number of likely N-dealkylation sites (tertiary alicyclic amines) is 2. The highest BCUT2D eigenvalue weighted by molar-refractivity contribution is 5.83. The molecule has 1 unspecified atom stereocenters. The van der Waals surface area contributed by atoms with Crippen molar-refractivity contribution in [3.05, 3.63) is 0 Å². The number of rotatable bonds is 5. The van der Waals surface area contributed by atoms with Crippen LogP contribution >= 0.6 is 0 Å². The molecule has 1 N–H and O–H groups in total. The predicted octanol–water partition coefficient (Wildman–Crippen LogP) is 1.66. The fraction of sp³-hybridized carbons (Fsp3) is 0.895. The molecule has 6 heteroatoms. The Hall–Kier alpha value is -1.30. The lowest BCUT2D eigenvalue weighted by Gasteiger charge is -2.34. The highest BCUT2D eigenvalue weighted by atomic mass is 16.2. The average Bonchev–Trinajstić information content (AvgIpc) is 3.37. The Labute approximate surface area is 150 Å². The van der Waals surface area contributed by atoms with Gasteiger partial charge < -0.3 is 15.1 Å². The number of amides is 3. The first-order valence-corrected chi connectivity index (χ1v) is 10.3. The van der Waals surface area contributed by atoms with E-state index in [-0.39, 0.29) is 12.1 Å². The van der Waals surface area contributed by atoms with Crippen molar-refractivity contribution in [3.63, 3.8) is 0 Å². The molecule has 2 atom stereocenters. The van der Waals surface area contributed by atoms with E-state index >= 15 is 0 Å². The standard InChI is InChI=1S/C19H32N4O2/c24-18(23-11-4-7-16(23)15-5-1-2-6-15)17-8-3-10-21(17)13-14-22-12-9-20-19(22)25/h15-17H,1-14H2,(H,20,25)/t16?,17-/m0/s1.